The van der Waals surface area contributed by atoms with E-state index in [-0.39, 0.29) is 5.91 Å². The molecule has 0 aliphatic rings. The van der Waals surface area contributed by atoms with Crippen LogP contribution in [-0.2, 0) is 4.79 Å². The van der Waals surface area contributed by atoms with Gasteiger partial charge in [0.1, 0.15) is 11.6 Å². The fourth-order valence-electron chi connectivity index (χ4n) is 1.45. The van der Waals surface area contributed by atoms with Gasteiger partial charge in [0.2, 0.25) is 0 Å². The van der Waals surface area contributed by atoms with Gasteiger partial charge in [-0.1, -0.05) is 23.2 Å². The molecule has 6 heteroatoms. The first-order valence-electron chi connectivity index (χ1n) is 5.89. The molecule has 104 valence electrons. The van der Waals surface area contributed by atoms with Crippen molar-refractivity contribution in [3.63, 3.8) is 0 Å². The van der Waals surface area contributed by atoms with Gasteiger partial charge in [-0.2, -0.15) is 0 Å². The predicted octanol–water partition coefficient (Wildman–Crippen LogP) is 3.79. The molecule has 0 fully saturated rings. The fourth-order valence-corrected chi connectivity index (χ4v) is 1.69. The molecule has 0 radical (unpaired) electrons. The van der Waals surface area contributed by atoms with Gasteiger partial charge in [0.25, 0.3) is 5.91 Å². The Morgan fingerprint density at radius 1 is 1.15 bits per heavy atom. The minimum atomic E-state index is -0.659. The zero-order chi connectivity index (χ0) is 14.5. The zero-order valence-electron chi connectivity index (χ0n) is 10.6. The topological polar surface area (TPSA) is 51.2 Å². The average Bonchev–Trinajstić information content (AvgIpc) is 2.44. The van der Waals surface area contributed by atoms with E-state index in [1.54, 1.807) is 43.3 Å². The number of aromatic nitrogens is 1. The van der Waals surface area contributed by atoms with Crippen LogP contribution in [0.25, 0.3) is 0 Å². The first-order chi connectivity index (χ1) is 9.54. The van der Waals surface area contributed by atoms with Crippen molar-refractivity contribution in [2.45, 2.75) is 13.0 Å². The lowest BCUT2D eigenvalue weighted by molar-refractivity contribution is -0.122. The quantitative estimate of drug-likeness (QED) is 0.934. The van der Waals surface area contributed by atoms with Crippen molar-refractivity contribution < 1.29 is 9.53 Å². The first kappa shape index (κ1) is 14.6. The van der Waals surface area contributed by atoms with E-state index >= 15 is 0 Å². The van der Waals surface area contributed by atoms with E-state index in [2.05, 4.69) is 10.3 Å². The number of pyridine rings is 1. The molecule has 2 rings (SSSR count). The zero-order valence-corrected chi connectivity index (χ0v) is 12.2. The van der Waals surface area contributed by atoms with Gasteiger partial charge in [-0.25, -0.2) is 4.98 Å². The molecule has 0 saturated heterocycles. The Kier molecular flexibility index (Phi) is 4.82. The van der Waals surface area contributed by atoms with Crippen molar-refractivity contribution >= 4 is 34.9 Å². The lowest BCUT2D eigenvalue weighted by Gasteiger charge is -2.14. The van der Waals surface area contributed by atoms with Gasteiger partial charge < -0.3 is 10.1 Å². The number of amides is 1. The molecule has 1 unspecified atom stereocenters. The van der Waals surface area contributed by atoms with Crippen molar-refractivity contribution in [1.29, 1.82) is 0 Å². The van der Waals surface area contributed by atoms with E-state index in [4.69, 9.17) is 27.9 Å². The molecule has 0 aliphatic carbocycles. The van der Waals surface area contributed by atoms with Crippen molar-refractivity contribution in [2.75, 3.05) is 5.32 Å². The van der Waals surface area contributed by atoms with Crippen molar-refractivity contribution in [2.24, 2.45) is 0 Å². The molecule has 0 bridgehead atoms. The monoisotopic (exact) mass is 310 g/mol. The molecular weight excluding hydrogens is 299 g/mol. The molecule has 1 amide bonds. The van der Waals surface area contributed by atoms with E-state index in [0.29, 0.717) is 21.6 Å². The largest absolute Gasteiger partial charge is 0.481 e. The van der Waals surface area contributed by atoms with Crippen LogP contribution in [0.15, 0.2) is 42.6 Å². The Labute approximate surface area is 126 Å². The number of benzene rings is 1. The van der Waals surface area contributed by atoms with Crippen LogP contribution in [0.5, 0.6) is 5.75 Å². The van der Waals surface area contributed by atoms with Crippen LogP contribution >= 0.6 is 23.2 Å². The van der Waals surface area contributed by atoms with Crippen LogP contribution in [-0.4, -0.2) is 17.0 Å². The van der Waals surface area contributed by atoms with Crippen LogP contribution in [0.2, 0.25) is 10.0 Å². The van der Waals surface area contributed by atoms with Crippen LogP contribution in [0.3, 0.4) is 0 Å². The summed E-state index contributed by atoms with van der Waals surface area (Å²) in [6, 6.07) is 10.1. The maximum atomic E-state index is 11.9. The number of nitrogens with zero attached hydrogens (tertiary/aromatic N) is 1. The number of ether oxygens (including phenoxy) is 1. The molecule has 0 saturated carbocycles. The number of anilines is 1. The third kappa shape index (κ3) is 4.11. The second-order valence-corrected chi connectivity index (χ2v) is 4.94. The molecule has 1 atom stereocenters. The number of carbonyl (C=O) groups excluding carboxylic acids is 1. The lowest BCUT2D eigenvalue weighted by atomic mass is 10.3. The van der Waals surface area contributed by atoms with Crippen molar-refractivity contribution in [3.05, 3.63) is 52.6 Å². The summed E-state index contributed by atoms with van der Waals surface area (Å²) in [7, 11) is 0. The second-order valence-electron chi connectivity index (χ2n) is 4.06. The van der Waals surface area contributed by atoms with Crippen LogP contribution in [0, 0.1) is 0 Å². The number of hydrogen-bond acceptors (Lipinski definition) is 3. The Morgan fingerprint density at radius 2 is 1.80 bits per heavy atom. The molecule has 20 heavy (non-hydrogen) atoms. The summed E-state index contributed by atoms with van der Waals surface area (Å²) in [5.41, 5.74) is 0. The summed E-state index contributed by atoms with van der Waals surface area (Å²) >= 11 is 11.5. The Hall–Kier alpha value is -1.78. The molecule has 0 aliphatic heterocycles. The summed E-state index contributed by atoms with van der Waals surface area (Å²) in [5.74, 6) is 0.696. The average molecular weight is 311 g/mol. The standard InChI is InChI=1S/C14H12Cl2N2O2/c1-9(20-12-5-2-10(15)3-6-12)14(19)18-13-7-4-11(16)8-17-13/h2-9H,1H3,(H,17,18,19). The number of rotatable bonds is 4. The van der Waals surface area contributed by atoms with Gasteiger partial charge in [-0.3, -0.25) is 4.79 Å². The maximum absolute atomic E-state index is 11.9. The highest BCUT2D eigenvalue weighted by Crippen LogP contribution is 2.17. The summed E-state index contributed by atoms with van der Waals surface area (Å²) < 4.78 is 5.50. The number of halogens is 2. The van der Waals surface area contributed by atoms with E-state index in [9.17, 15) is 4.79 Å². The number of hydrogen-bond donors (Lipinski definition) is 1. The fraction of sp³-hybridized carbons (Fsp3) is 0.143. The van der Waals surface area contributed by atoms with Gasteiger partial charge in [0.15, 0.2) is 6.10 Å². The minimum Gasteiger partial charge on any atom is -0.481 e. The normalized spacial score (nSPS) is 11.8. The lowest BCUT2D eigenvalue weighted by Crippen LogP contribution is -2.30. The van der Waals surface area contributed by atoms with E-state index in [1.165, 1.54) is 6.20 Å². The molecule has 1 N–H and O–H groups in total. The molecule has 1 heterocycles. The highest BCUT2D eigenvalue weighted by atomic mass is 35.5. The minimum absolute atomic E-state index is 0.297. The van der Waals surface area contributed by atoms with E-state index < -0.39 is 6.10 Å². The van der Waals surface area contributed by atoms with Gasteiger partial charge in [0.05, 0.1) is 5.02 Å². The SMILES string of the molecule is CC(Oc1ccc(Cl)cc1)C(=O)Nc1ccc(Cl)cn1. The van der Waals surface area contributed by atoms with Gasteiger partial charge in [0, 0.05) is 11.2 Å². The Balaban J connectivity index is 1.94. The van der Waals surface area contributed by atoms with E-state index in [0.717, 1.165) is 0 Å². The molecule has 4 nitrogen and oxygen atoms in total. The third-order valence-corrected chi connectivity index (χ3v) is 2.95. The Bertz CT molecular complexity index is 585. The smallest absolute Gasteiger partial charge is 0.266 e. The highest BCUT2D eigenvalue weighted by molar-refractivity contribution is 6.30. The highest BCUT2D eigenvalue weighted by Gasteiger charge is 2.15. The molecule has 2 aromatic rings. The summed E-state index contributed by atoms with van der Waals surface area (Å²) in [6.45, 7) is 1.65. The number of nitrogens with one attached hydrogen (secondary N) is 1. The van der Waals surface area contributed by atoms with Crippen LogP contribution in [0.4, 0.5) is 5.82 Å². The van der Waals surface area contributed by atoms with Gasteiger partial charge in [-0.15, -0.1) is 0 Å². The van der Waals surface area contributed by atoms with Gasteiger partial charge >= 0.3 is 0 Å². The predicted molar refractivity (Wildman–Crippen MR) is 79.4 cm³/mol. The summed E-state index contributed by atoms with van der Waals surface area (Å²) in [5, 5.41) is 3.76. The summed E-state index contributed by atoms with van der Waals surface area (Å²) in [4.78, 5) is 15.9. The molecular formula is C14H12Cl2N2O2. The molecule has 1 aromatic carbocycles. The first-order valence-corrected chi connectivity index (χ1v) is 6.65. The van der Waals surface area contributed by atoms with Crippen LogP contribution in [0.1, 0.15) is 6.92 Å². The van der Waals surface area contributed by atoms with Gasteiger partial charge in [-0.05, 0) is 43.3 Å². The third-order valence-electron chi connectivity index (χ3n) is 2.47. The second kappa shape index (κ2) is 6.59. The van der Waals surface area contributed by atoms with Crippen molar-refractivity contribution in [1.82, 2.24) is 4.98 Å². The van der Waals surface area contributed by atoms with Crippen molar-refractivity contribution in [3.8, 4) is 5.75 Å². The van der Waals surface area contributed by atoms with Crippen LogP contribution < -0.4 is 10.1 Å². The molecule has 1 aromatic heterocycles. The van der Waals surface area contributed by atoms with E-state index in [1.807, 2.05) is 0 Å². The number of carbonyl (C=O) groups is 1. The summed E-state index contributed by atoms with van der Waals surface area (Å²) in [6.07, 6.45) is 0.802. The Morgan fingerprint density at radius 3 is 2.40 bits per heavy atom. The maximum Gasteiger partial charge on any atom is 0.266 e. The molecule has 0 spiro atoms.